The maximum absolute atomic E-state index is 12.0. The highest BCUT2D eigenvalue weighted by Gasteiger charge is 2.15. The number of fused-ring (bicyclic) bond motifs is 2. The van der Waals surface area contributed by atoms with Gasteiger partial charge < -0.3 is 33.4 Å². The standard InChI is InChI=1S/C22H24ClNO4S.C14H16ClNO3S/c1-4-29-20-13-19(28-14-15-5-7-16(26-3)8-6-15)17-9-10-18(27-12-11-25-2)21(23)22(17)24-20;1-3-20-12-8-10(17)9-4-5-11(19-7-6-18-2)13(15)14(9)16-12/h5-10,13H,4,11-12,14H2,1-3H3;4-5,8H,3,6-7H2,1-2H3,(H,16,17). The molecule has 5 aromatic rings. The largest absolute Gasteiger partial charge is 0.497 e. The first-order valence-corrected chi connectivity index (χ1v) is 18.3. The Bertz CT molecular complexity index is 1870. The predicted octanol–water partition coefficient (Wildman–Crippen LogP) is 8.93. The number of H-pyrrole nitrogens is 1. The highest BCUT2D eigenvalue weighted by atomic mass is 35.5. The molecule has 0 saturated carbocycles. The summed E-state index contributed by atoms with van der Waals surface area (Å²) in [6.45, 7) is 6.35. The fourth-order valence-corrected chi connectivity index (χ4v) is 6.42. The molecule has 0 amide bonds. The summed E-state index contributed by atoms with van der Waals surface area (Å²) in [5, 5.41) is 3.99. The van der Waals surface area contributed by atoms with Gasteiger partial charge in [-0.15, -0.1) is 23.5 Å². The molecule has 0 aliphatic carbocycles. The van der Waals surface area contributed by atoms with E-state index in [2.05, 4.69) is 11.9 Å². The van der Waals surface area contributed by atoms with Crippen LogP contribution in [0.2, 0.25) is 10.0 Å². The van der Waals surface area contributed by atoms with Gasteiger partial charge in [-0.3, -0.25) is 4.79 Å². The Morgan fingerprint density at radius 3 is 1.96 bits per heavy atom. The van der Waals surface area contributed by atoms with E-state index in [1.807, 2.05) is 49.4 Å². The molecule has 0 spiro atoms. The van der Waals surface area contributed by atoms with Gasteiger partial charge in [0.1, 0.15) is 57.9 Å². The molecule has 3 aromatic carbocycles. The minimum absolute atomic E-state index is 0.0416. The fraction of sp³-hybridized carbons (Fsp3) is 0.333. The van der Waals surface area contributed by atoms with Crippen molar-refractivity contribution < 1.29 is 28.4 Å². The summed E-state index contributed by atoms with van der Waals surface area (Å²) in [5.74, 6) is 4.47. The van der Waals surface area contributed by atoms with E-state index in [0.29, 0.717) is 71.0 Å². The van der Waals surface area contributed by atoms with Gasteiger partial charge in [0, 0.05) is 37.1 Å². The molecule has 9 nitrogen and oxygen atoms in total. The quantitative estimate of drug-likeness (QED) is 0.0778. The number of halogens is 2. The summed E-state index contributed by atoms with van der Waals surface area (Å²) in [6, 6.07) is 18.6. The Morgan fingerprint density at radius 2 is 1.35 bits per heavy atom. The van der Waals surface area contributed by atoms with E-state index in [9.17, 15) is 4.79 Å². The minimum atomic E-state index is -0.0416. The Morgan fingerprint density at radius 1 is 0.714 bits per heavy atom. The van der Waals surface area contributed by atoms with Gasteiger partial charge in [-0.2, -0.15) is 0 Å². The highest BCUT2D eigenvalue weighted by molar-refractivity contribution is 7.99. The second kappa shape index (κ2) is 19.8. The van der Waals surface area contributed by atoms with Crippen molar-refractivity contribution in [3.05, 3.63) is 86.5 Å². The van der Waals surface area contributed by atoms with Gasteiger partial charge in [-0.25, -0.2) is 4.98 Å². The molecular formula is C36H40Cl2N2O7S2. The zero-order valence-corrected chi connectivity index (χ0v) is 31.2. The Labute approximate surface area is 304 Å². The van der Waals surface area contributed by atoms with Crippen LogP contribution in [0.25, 0.3) is 21.8 Å². The lowest BCUT2D eigenvalue weighted by Gasteiger charge is -2.14. The minimum Gasteiger partial charge on any atom is -0.497 e. The number of thioether (sulfide) groups is 2. The topological polar surface area (TPSA) is 101 Å². The van der Waals surface area contributed by atoms with Crippen LogP contribution >= 0.6 is 46.7 Å². The number of rotatable bonds is 16. The Hall–Kier alpha value is -3.32. The lowest BCUT2D eigenvalue weighted by atomic mass is 10.2. The average Bonchev–Trinajstić information content (AvgIpc) is 3.10. The van der Waals surface area contributed by atoms with E-state index in [-0.39, 0.29) is 5.43 Å². The normalized spacial score (nSPS) is 10.9. The van der Waals surface area contributed by atoms with Crippen LogP contribution in [-0.4, -0.2) is 69.2 Å². The van der Waals surface area contributed by atoms with Crippen molar-refractivity contribution in [1.82, 2.24) is 9.97 Å². The van der Waals surface area contributed by atoms with E-state index in [1.54, 1.807) is 63.1 Å². The van der Waals surface area contributed by atoms with Crippen molar-refractivity contribution in [3.63, 3.8) is 0 Å². The number of methoxy groups -OCH3 is 3. The Kier molecular flexibility index (Phi) is 15.5. The number of aromatic amines is 1. The van der Waals surface area contributed by atoms with Gasteiger partial charge in [-0.1, -0.05) is 49.2 Å². The van der Waals surface area contributed by atoms with Gasteiger partial charge in [0.15, 0.2) is 5.43 Å². The first kappa shape index (κ1) is 38.5. The molecule has 0 unspecified atom stereocenters. The average molecular weight is 748 g/mol. The number of ether oxygens (including phenoxy) is 6. The van der Waals surface area contributed by atoms with Gasteiger partial charge in [-0.05, 0) is 53.5 Å². The Balaban J connectivity index is 0.000000237. The molecule has 262 valence electrons. The van der Waals surface area contributed by atoms with Crippen molar-refractivity contribution in [3.8, 4) is 23.0 Å². The molecule has 0 atom stereocenters. The van der Waals surface area contributed by atoms with Crippen LogP contribution in [0, 0.1) is 0 Å². The molecule has 0 aliphatic heterocycles. The van der Waals surface area contributed by atoms with Crippen molar-refractivity contribution in [1.29, 1.82) is 0 Å². The van der Waals surface area contributed by atoms with Crippen LogP contribution < -0.4 is 24.4 Å². The third-order valence-corrected chi connectivity index (χ3v) is 9.29. The molecule has 0 fully saturated rings. The van der Waals surface area contributed by atoms with Crippen molar-refractivity contribution >= 4 is 68.5 Å². The number of pyridine rings is 2. The molecule has 1 N–H and O–H groups in total. The lowest BCUT2D eigenvalue weighted by molar-refractivity contribution is 0.146. The second-order valence-electron chi connectivity index (χ2n) is 10.2. The summed E-state index contributed by atoms with van der Waals surface area (Å²) in [5.41, 5.74) is 2.29. The summed E-state index contributed by atoms with van der Waals surface area (Å²) in [4.78, 5) is 19.9. The number of hydrogen-bond donors (Lipinski definition) is 1. The van der Waals surface area contributed by atoms with E-state index in [0.717, 1.165) is 44.0 Å². The summed E-state index contributed by atoms with van der Waals surface area (Å²) in [6.07, 6.45) is 0. The number of nitrogens with one attached hydrogen (secondary N) is 1. The third-order valence-electron chi connectivity index (χ3n) is 6.94. The summed E-state index contributed by atoms with van der Waals surface area (Å²) >= 11 is 16.1. The van der Waals surface area contributed by atoms with Gasteiger partial charge in [0.2, 0.25) is 0 Å². The summed E-state index contributed by atoms with van der Waals surface area (Å²) < 4.78 is 32.6. The zero-order valence-electron chi connectivity index (χ0n) is 28.1. The number of nitrogens with zero attached hydrogens (tertiary/aromatic N) is 1. The molecule has 0 radical (unpaired) electrons. The van der Waals surface area contributed by atoms with Gasteiger partial charge >= 0.3 is 0 Å². The van der Waals surface area contributed by atoms with Gasteiger partial charge in [0.05, 0.1) is 36.4 Å². The molecule has 2 heterocycles. The second-order valence-corrected chi connectivity index (χ2v) is 13.6. The molecule has 2 aromatic heterocycles. The van der Waals surface area contributed by atoms with Crippen LogP contribution in [0.15, 0.2) is 75.5 Å². The number of benzene rings is 3. The molecule has 0 aliphatic rings. The molecule has 0 saturated heterocycles. The van der Waals surface area contributed by atoms with Crippen molar-refractivity contribution in [2.45, 2.75) is 30.5 Å². The fourth-order valence-electron chi connectivity index (χ4n) is 4.58. The van der Waals surface area contributed by atoms with Gasteiger partial charge in [0.25, 0.3) is 0 Å². The van der Waals surface area contributed by atoms with E-state index in [4.69, 9.17) is 56.6 Å². The van der Waals surface area contributed by atoms with Crippen LogP contribution in [0.5, 0.6) is 23.0 Å². The monoisotopic (exact) mass is 746 g/mol. The van der Waals surface area contributed by atoms with E-state index in [1.165, 1.54) is 0 Å². The van der Waals surface area contributed by atoms with Crippen molar-refractivity contribution in [2.24, 2.45) is 0 Å². The smallest absolute Gasteiger partial charge is 0.190 e. The van der Waals surface area contributed by atoms with E-state index >= 15 is 0 Å². The maximum atomic E-state index is 12.0. The molecular weight excluding hydrogens is 707 g/mol. The van der Waals surface area contributed by atoms with Crippen LogP contribution in [0.4, 0.5) is 0 Å². The van der Waals surface area contributed by atoms with Crippen LogP contribution in [0.3, 0.4) is 0 Å². The van der Waals surface area contributed by atoms with Crippen LogP contribution in [-0.2, 0) is 16.1 Å². The van der Waals surface area contributed by atoms with Crippen LogP contribution in [0.1, 0.15) is 19.4 Å². The predicted molar refractivity (Wildman–Crippen MR) is 201 cm³/mol. The number of hydrogen-bond acceptors (Lipinski definition) is 10. The zero-order chi connectivity index (χ0) is 35.2. The molecule has 5 rings (SSSR count). The molecule has 13 heteroatoms. The number of aromatic nitrogens is 2. The summed E-state index contributed by atoms with van der Waals surface area (Å²) in [7, 11) is 4.89. The molecule has 49 heavy (non-hydrogen) atoms. The molecule has 0 bridgehead atoms. The SMILES string of the molecule is CCSc1cc(=O)c2ccc(OCCOC)c(Cl)c2[nH]1.CCSc1cc(OCc2ccc(OC)cc2)c2ccc(OCCOC)c(Cl)c2n1. The lowest BCUT2D eigenvalue weighted by Crippen LogP contribution is -2.07. The first-order chi connectivity index (χ1) is 23.8. The van der Waals surface area contributed by atoms with E-state index < -0.39 is 0 Å². The highest BCUT2D eigenvalue weighted by Crippen LogP contribution is 2.38. The third kappa shape index (κ3) is 10.6. The maximum Gasteiger partial charge on any atom is 0.190 e. The first-order valence-electron chi connectivity index (χ1n) is 15.6. The van der Waals surface area contributed by atoms with Crippen molar-refractivity contribution in [2.75, 3.05) is 59.3 Å².